The average Bonchev–Trinajstić information content (AvgIpc) is 3.53. The number of anilines is 1. The quantitative estimate of drug-likeness (QED) is 0.637. The van der Waals surface area contributed by atoms with Gasteiger partial charge in [-0.1, -0.05) is 39.0 Å². The Bertz CT molecular complexity index is 1140. The fourth-order valence-corrected chi connectivity index (χ4v) is 5.72. The number of alkyl halides is 3. The number of likely N-dealkylation sites (N-methyl/N-ethyl adjacent to an activating group) is 1. The first-order chi connectivity index (χ1) is 17.2. The van der Waals surface area contributed by atoms with Gasteiger partial charge in [0.15, 0.2) is 0 Å². The summed E-state index contributed by atoms with van der Waals surface area (Å²) in [5.74, 6) is -3.00. The summed E-state index contributed by atoms with van der Waals surface area (Å²) in [5, 5.41) is 15.4. The van der Waals surface area contributed by atoms with E-state index in [0.29, 0.717) is 5.69 Å². The van der Waals surface area contributed by atoms with E-state index in [1.54, 1.807) is 24.3 Å². The molecular formula is C26H32F3N5O3. The number of rotatable bonds is 4. The van der Waals surface area contributed by atoms with Crippen molar-refractivity contribution >= 4 is 23.4 Å². The molecule has 2 saturated heterocycles. The van der Waals surface area contributed by atoms with Crippen molar-refractivity contribution in [1.82, 2.24) is 15.1 Å². The SMILES string of the molecule is CN(C(=O)[C@@H]1C[C@@H](C(F)(F)F)CN1)[C@@H](CC(C)(C)C)C(=O)N1C[C@]2(C[C@H]1C#N)C(=O)Nc1ccccc12. The molecule has 11 heteroatoms. The maximum absolute atomic E-state index is 14.0. The van der Waals surface area contributed by atoms with Crippen molar-refractivity contribution in [3.05, 3.63) is 29.8 Å². The minimum absolute atomic E-state index is 0.0204. The molecule has 0 aliphatic carbocycles. The molecular weight excluding hydrogens is 487 g/mol. The Labute approximate surface area is 214 Å². The number of hydrogen-bond donors (Lipinski definition) is 2. The molecule has 3 aliphatic rings. The molecule has 0 saturated carbocycles. The number of hydrogen-bond acceptors (Lipinski definition) is 5. The first kappa shape index (κ1) is 26.9. The highest BCUT2D eigenvalue weighted by Gasteiger charge is 2.57. The van der Waals surface area contributed by atoms with Crippen molar-refractivity contribution in [3.63, 3.8) is 0 Å². The van der Waals surface area contributed by atoms with Crippen LogP contribution in [0.2, 0.25) is 0 Å². The van der Waals surface area contributed by atoms with Crippen LogP contribution in [0.1, 0.15) is 45.6 Å². The fourth-order valence-electron chi connectivity index (χ4n) is 5.72. The van der Waals surface area contributed by atoms with Crippen LogP contribution in [0.4, 0.5) is 18.9 Å². The third kappa shape index (κ3) is 4.91. The first-order valence-corrected chi connectivity index (χ1v) is 12.4. The van der Waals surface area contributed by atoms with Crippen LogP contribution >= 0.6 is 0 Å². The standard InChI is InChI=1S/C26H32F3N5O3/c1-24(2,3)11-20(33(4)21(35)19-9-15(13-31-19)26(27,28)29)22(36)34-14-25(10-16(34)12-30)17-7-5-6-8-18(17)32-23(25)37/h5-8,15-16,19-20,31H,9-11,13-14H2,1-4H3,(H,32,37)/t15-,16+,19+,20+,25+/m1/s1. The van der Waals surface area contributed by atoms with Gasteiger partial charge in [-0.15, -0.1) is 0 Å². The van der Waals surface area contributed by atoms with Crippen LogP contribution in [-0.4, -0.2) is 72.0 Å². The zero-order valence-corrected chi connectivity index (χ0v) is 21.4. The summed E-state index contributed by atoms with van der Waals surface area (Å²) in [5.41, 5.74) is -0.123. The van der Waals surface area contributed by atoms with E-state index in [1.165, 1.54) is 16.8 Å². The zero-order valence-electron chi connectivity index (χ0n) is 21.4. The van der Waals surface area contributed by atoms with E-state index in [9.17, 15) is 32.8 Å². The minimum atomic E-state index is -4.41. The number of nitrogens with one attached hydrogen (secondary N) is 2. The van der Waals surface area contributed by atoms with E-state index in [4.69, 9.17) is 0 Å². The van der Waals surface area contributed by atoms with Gasteiger partial charge in [-0.2, -0.15) is 18.4 Å². The molecule has 37 heavy (non-hydrogen) atoms. The lowest BCUT2D eigenvalue weighted by Crippen LogP contribution is -2.55. The first-order valence-electron chi connectivity index (χ1n) is 12.4. The van der Waals surface area contributed by atoms with Gasteiger partial charge in [0, 0.05) is 32.2 Å². The van der Waals surface area contributed by atoms with Gasteiger partial charge < -0.3 is 20.4 Å². The molecule has 0 radical (unpaired) electrons. The van der Waals surface area contributed by atoms with Crippen LogP contribution in [0.5, 0.6) is 0 Å². The minimum Gasteiger partial charge on any atom is -0.332 e. The number of halogens is 3. The van der Waals surface area contributed by atoms with Crippen molar-refractivity contribution in [2.24, 2.45) is 11.3 Å². The summed E-state index contributed by atoms with van der Waals surface area (Å²) in [7, 11) is 1.42. The highest BCUT2D eigenvalue weighted by atomic mass is 19.4. The molecule has 1 aromatic carbocycles. The zero-order chi connectivity index (χ0) is 27.3. The summed E-state index contributed by atoms with van der Waals surface area (Å²) >= 11 is 0. The van der Waals surface area contributed by atoms with Crippen LogP contribution in [0.25, 0.3) is 0 Å². The van der Waals surface area contributed by atoms with Gasteiger partial charge in [-0.25, -0.2) is 0 Å². The van der Waals surface area contributed by atoms with E-state index in [2.05, 4.69) is 16.7 Å². The molecule has 4 rings (SSSR count). The van der Waals surface area contributed by atoms with E-state index in [0.717, 1.165) is 5.56 Å². The van der Waals surface area contributed by atoms with Crippen LogP contribution < -0.4 is 10.6 Å². The monoisotopic (exact) mass is 519 g/mol. The molecule has 200 valence electrons. The summed E-state index contributed by atoms with van der Waals surface area (Å²) in [6, 6.07) is 6.34. The molecule has 3 heterocycles. The lowest BCUT2D eigenvalue weighted by Gasteiger charge is -2.36. The summed E-state index contributed by atoms with van der Waals surface area (Å²) in [6.45, 7) is 5.31. The second-order valence-electron chi connectivity index (χ2n) is 11.6. The molecule has 0 unspecified atom stereocenters. The Morgan fingerprint density at radius 2 is 1.95 bits per heavy atom. The highest BCUT2D eigenvalue weighted by Crippen LogP contribution is 2.46. The molecule has 8 nitrogen and oxygen atoms in total. The van der Waals surface area contributed by atoms with E-state index in [1.807, 2.05) is 20.8 Å². The fraction of sp³-hybridized carbons (Fsp3) is 0.615. The predicted molar refractivity (Wildman–Crippen MR) is 129 cm³/mol. The van der Waals surface area contributed by atoms with Crippen LogP contribution in [0.15, 0.2) is 24.3 Å². The van der Waals surface area contributed by atoms with Gasteiger partial charge in [0.2, 0.25) is 17.7 Å². The topological polar surface area (TPSA) is 106 Å². The van der Waals surface area contributed by atoms with Crippen molar-refractivity contribution in [3.8, 4) is 6.07 Å². The van der Waals surface area contributed by atoms with Crippen molar-refractivity contribution in [2.75, 3.05) is 25.5 Å². The maximum atomic E-state index is 14.0. The Morgan fingerprint density at radius 1 is 1.27 bits per heavy atom. The van der Waals surface area contributed by atoms with Crippen LogP contribution in [-0.2, 0) is 19.8 Å². The number of amides is 3. The number of nitrogens with zero attached hydrogens (tertiary/aromatic N) is 3. The van der Waals surface area contributed by atoms with E-state index in [-0.39, 0.29) is 31.8 Å². The van der Waals surface area contributed by atoms with E-state index >= 15 is 0 Å². The Kier molecular flexibility index (Phi) is 6.78. The second-order valence-corrected chi connectivity index (χ2v) is 11.6. The van der Waals surface area contributed by atoms with Crippen molar-refractivity contribution < 1.29 is 27.6 Å². The van der Waals surface area contributed by atoms with Gasteiger partial charge in [0.1, 0.15) is 12.1 Å². The summed E-state index contributed by atoms with van der Waals surface area (Å²) in [4.78, 5) is 42.9. The number of benzene rings is 1. The Morgan fingerprint density at radius 3 is 2.54 bits per heavy atom. The summed E-state index contributed by atoms with van der Waals surface area (Å²) in [6.07, 6.45) is -4.46. The van der Waals surface area contributed by atoms with E-state index < -0.39 is 59.3 Å². The molecule has 3 amide bonds. The van der Waals surface area contributed by atoms with Crippen LogP contribution in [0.3, 0.4) is 0 Å². The van der Waals surface area contributed by atoms with Crippen molar-refractivity contribution in [2.45, 2.75) is 69.8 Å². The molecule has 3 aliphatic heterocycles. The molecule has 2 fully saturated rings. The molecule has 5 atom stereocenters. The molecule has 0 bridgehead atoms. The lowest BCUT2D eigenvalue weighted by molar-refractivity contribution is -0.169. The molecule has 0 aromatic heterocycles. The maximum Gasteiger partial charge on any atom is 0.393 e. The highest BCUT2D eigenvalue weighted by molar-refractivity contribution is 6.07. The third-order valence-corrected chi connectivity index (χ3v) is 7.71. The Hall–Kier alpha value is -3.13. The number of para-hydroxylation sites is 1. The smallest absolute Gasteiger partial charge is 0.332 e. The average molecular weight is 520 g/mol. The normalized spacial score (nSPS) is 28.1. The van der Waals surface area contributed by atoms with Gasteiger partial charge in [-0.05, 0) is 29.9 Å². The van der Waals surface area contributed by atoms with Gasteiger partial charge in [0.05, 0.1) is 23.4 Å². The largest absolute Gasteiger partial charge is 0.393 e. The number of fused-ring (bicyclic) bond motifs is 2. The molecule has 1 aromatic rings. The predicted octanol–water partition coefficient (Wildman–Crippen LogP) is 2.80. The lowest BCUT2D eigenvalue weighted by atomic mass is 9.80. The second kappa shape index (κ2) is 9.31. The summed E-state index contributed by atoms with van der Waals surface area (Å²) < 4.78 is 39.6. The number of carbonyl (C=O) groups excluding carboxylic acids is 3. The third-order valence-electron chi connectivity index (χ3n) is 7.71. The van der Waals surface area contributed by atoms with Gasteiger partial charge >= 0.3 is 6.18 Å². The van der Waals surface area contributed by atoms with Crippen LogP contribution in [0, 0.1) is 22.7 Å². The van der Waals surface area contributed by atoms with Gasteiger partial charge in [-0.3, -0.25) is 14.4 Å². The number of likely N-dealkylation sites (tertiary alicyclic amines) is 1. The van der Waals surface area contributed by atoms with Crippen molar-refractivity contribution in [1.29, 1.82) is 5.26 Å². The Balaban J connectivity index is 1.61. The van der Waals surface area contributed by atoms with Gasteiger partial charge in [0.25, 0.3) is 0 Å². The molecule has 2 N–H and O–H groups in total. The molecule has 1 spiro atoms. The number of carbonyl (C=O) groups is 3. The number of nitriles is 1.